The second-order valence-corrected chi connectivity index (χ2v) is 7.50. The van der Waals surface area contributed by atoms with E-state index < -0.39 is 0 Å². The molecule has 0 unspecified atom stereocenters. The van der Waals surface area contributed by atoms with Crippen LogP contribution in [0.15, 0.2) is 64.7 Å². The van der Waals surface area contributed by atoms with Crippen LogP contribution < -0.4 is 0 Å². The van der Waals surface area contributed by atoms with Crippen molar-refractivity contribution in [1.29, 1.82) is 0 Å². The minimum atomic E-state index is -0.0124. The predicted octanol–water partition coefficient (Wildman–Crippen LogP) is 4.10. The molecule has 0 N–H and O–H groups in total. The second kappa shape index (κ2) is 7.82. The standard InChI is InChI=1S/C21H20N4O2S/c1-15-18(23-21(27-15)19-9-6-10-28-19)11-20(26)24(2)13-16-12-22-25(14-16)17-7-4-3-5-8-17/h3-10,12,14H,11,13H2,1-2H3. The number of carbonyl (C=O) groups is 1. The molecular formula is C21H20N4O2S. The van der Waals surface area contributed by atoms with Gasteiger partial charge in [-0.3, -0.25) is 4.79 Å². The fraction of sp³-hybridized carbons (Fsp3) is 0.190. The topological polar surface area (TPSA) is 64.2 Å². The van der Waals surface area contributed by atoms with Gasteiger partial charge in [-0.1, -0.05) is 24.3 Å². The van der Waals surface area contributed by atoms with E-state index >= 15 is 0 Å². The summed E-state index contributed by atoms with van der Waals surface area (Å²) >= 11 is 1.56. The molecule has 3 heterocycles. The molecule has 0 aliphatic carbocycles. The first kappa shape index (κ1) is 18.2. The van der Waals surface area contributed by atoms with Gasteiger partial charge in [0.15, 0.2) is 0 Å². The number of benzene rings is 1. The van der Waals surface area contributed by atoms with Gasteiger partial charge < -0.3 is 9.32 Å². The maximum Gasteiger partial charge on any atom is 0.236 e. The first-order valence-corrected chi connectivity index (χ1v) is 9.81. The van der Waals surface area contributed by atoms with Crippen LogP contribution in [0.25, 0.3) is 16.5 Å². The summed E-state index contributed by atoms with van der Waals surface area (Å²) in [5.74, 6) is 1.24. The summed E-state index contributed by atoms with van der Waals surface area (Å²) in [5, 5.41) is 6.36. The number of rotatable bonds is 6. The summed E-state index contributed by atoms with van der Waals surface area (Å²) in [6.07, 6.45) is 3.94. The van der Waals surface area contributed by atoms with Crippen molar-refractivity contribution in [1.82, 2.24) is 19.7 Å². The average Bonchev–Trinajstić information content (AvgIpc) is 3.44. The number of hydrogen-bond donors (Lipinski definition) is 0. The minimum Gasteiger partial charge on any atom is -0.440 e. The van der Waals surface area contributed by atoms with E-state index in [0.29, 0.717) is 23.9 Å². The Morgan fingerprint density at radius 2 is 2.04 bits per heavy atom. The number of aromatic nitrogens is 3. The summed E-state index contributed by atoms with van der Waals surface area (Å²) in [4.78, 5) is 19.8. The number of thiophene rings is 1. The summed E-state index contributed by atoms with van der Waals surface area (Å²) in [6.45, 7) is 2.33. The second-order valence-electron chi connectivity index (χ2n) is 6.55. The summed E-state index contributed by atoms with van der Waals surface area (Å²) in [7, 11) is 1.79. The largest absolute Gasteiger partial charge is 0.440 e. The van der Waals surface area contributed by atoms with Crippen LogP contribution in [0.3, 0.4) is 0 Å². The van der Waals surface area contributed by atoms with Gasteiger partial charge in [0.1, 0.15) is 5.76 Å². The van der Waals surface area contributed by atoms with Crippen LogP contribution in [0.5, 0.6) is 0 Å². The number of nitrogens with zero attached hydrogens (tertiary/aromatic N) is 4. The van der Waals surface area contributed by atoms with E-state index in [0.717, 1.165) is 16.1 Å². The molecule has 0 fully saturated rings. The molecule has 1 amide bonds. The molecule has 1 aromatic carbocycles. The van der Waals surface area contributed by atoms with Crippen molar-refractivity contribution in [3.05, 3.63) is 77.3 Å². The van der Waals surface area contributed by atoms with Crippen molar-refractivity contribution in [2.24, 2.45) is 0 Å². The van der Waals surface area contributed by atoms with Gasteiger partial charge in [0.2, 0.25) is 11.8 Å². The number of hydrogen-bond acceptors (Lipinski definition) is 5. The molecule has 0 saturated heterocycles. The maximum atomic E-state index is 12.7. The Morgan fingerprint density at radius 1 is 1.21 bits per heavy atom. The Bertz CT molecular complexity index is 1070. The zero-order chi connectivity index (χ0) is 19.5. The minimum absolute atomic E-state index is 0.0124. The van der Waals surface area contributed by atoms with Gasteiger partial charge in [0, 0.05) is 25.4 Å². The van der Waals surface area contributed by atoms with Crippen molar-refractivity contribution in [3.63, 3.8) is 0 Å². The molecule has 0 bridgehead atoms. The van der Waals surface area contributed by atoms with E-state index in [4.69, 9.17) is 4.42 Å². The van der Waals surface area contributed by atoms with Crippen molar-refractivity contribution in [3.8, 4) is 16.5 Å². The van der Waals surface area contributed by atoms with Gasteiger partial charge in [-0.25, -0.2) is 9.67 Å². The molecule has 28 heavy (non-hydrogen) atoms. The fourth-order valence-corrected chi connectivity index (χ4v) is 3.55. The lowest BCUT2D eigenvalue weighted by Crippen LogP contribution is -2.27. The van der Waals surface area contributed by atoms with Crippen molar-refractivity contribution >= 4 is 17.2 Å². The van der Waals surface area contributed by atoms with Crippen LogP contribution in [-0.2, 0) is 17.8 Å². The highest BCUT2D eigenvalue weighted by molar-refractivity contribution is 7.13. The highest BCUT2D eigenvalue weighted by Crippen LogP contribution is 2.26. The zero-order valence-electron chi connectivity index (χ0n) is 15.7. The van der Waals surface area contributed by atoms with Crippen LogP contribution in [0.1, 0.15) is 17.0 Å². The SMILES string of the molecule is Cc1oc(-c2cccs2)nc1CC(=O)N(C)Cc1cnn(-c2ccccc2)c1. The number of likely N-dealkylation sites (N-methyl/N-ethyl adjacent to an activating group) is 1. The highest BCUT2D eigenvalue weighted by atomic mass is 32.1. The Hall–Kier alpha value is -3.19. The van der Waals surface area contributed by atoms with Crippen LogP contribution in [0.2, 0.25) is 0 Å². The smallest absolute Gasteiger partial charge is 0.236 e. The molecule has 4 rings (SSSR count). The predicted molar refractivity (Wildman–Crippen MR) is 108 cm³/mol. The number of oxazole rings is 1. The lowest BCUT2D eigenvalue weighted by Gasteiger charge is -2.15. The fourth-order valence-electron chi connectivity index (χ4n) is 2.90. The molecule has 6 nitrogen and oxygen atoms in total. The Balaban J connectivity index is 1.41. The van der Waals surface area contributed by atoms with Crippen molar-refractivity contribution in [2.75, 3.05) is 7.05 Å². The number of para-hydroxylation sites is 1. The van der Waals surface area contributed by atoms with Gasteiger partial charge in [0.25, 0.3) is 0 Å². The molecule has 4 aromatic rings. The first-order valence-electron chi connectivity index (χ1n) is 8.93. The van der Waals surface area contributed by atoms with Crippen molar-refractivity contribution < 1.29 is 9.21 Å². The third-order valence-corrected chi connectivity index (χ3v) is 5.30. The average molecular weight is 392 g/mol. The van der Waals surface area contributed by atoms with Gasteiger partial charge in [0.05, 0.1) is 28.9 Å². The van der Waals surface area contributed by atoms with E-state index in [1.165, 1.54) is 0 Å². The van der Waals surface area contributed by atoms with Gasteiger partial charge >= 0.3 is 0 Å². The van der Waals surface area contributed by atoms with Crippen LogP contribution in [0, 0.1) is 6.92 Å². The van der Waals surface area contributed by atoms with E-state index in [1.807, 2.05) is 65.6 Å². The molecule has 3 aromatic heterocycles. The molecule has 0 spiro atoms. The highest BCUT2D eigenvalue weighted by Gasteiger charge is 2.18. The molecule has 0 radical (unpaired) electrons. The molecule has 0 aliphatic heterocycles. The molecule has 0 atom stereocenters. The van der Waals surface area contributed by atoms with Crippen LogP contribution in [0.4, 0.5) is 0 Å². The Morgan fingerprint density at radius 3 is 2.79 bits per heavy atom. The van der Waals surface area contributed by atoms with Gasteiger partial charge in [-0.2, -0.15) is 5.10 Å². The quantitative estimate of drug-likeness (QED) is 0.496. The van der Waals surface area contributed by atoms with Gasteiger partial charge in [-0.15, -0.1) is 11.3 Å². The summed E-state index contributed by atoms with van der Waals surface area (Å²) in [6, 6.07) is 13.8. The Labute approximate surface area is 167 Å². The summed E-state index contributed by atoms with van der Waals surface area (Å²) in [5.41, 5.74) is 2.64. The van der Waals surface area contributed by atoms with E-state index in [1.54, 1.807) is 29.5 Å². The molecular weight excluding hydrogens is 372 g/mol. The summed E-state index contributed by atoms with van der Waals surface area (Å²) < 4.78 is 7.53. The monoisotopic (exact) mass is 392 g/mol. The van der Waals surface area contributed by atoms with E-state index in [2.05, 4.69) is 10.1 Å². The lowest BCUT2D eigenvalue weighted by molar-refractivity contribution is -0.129. The number of carbonyl (C=O) groups excluding carboxylic acids is 1. The zero-order valence-corrected chi connectivity index (χ0v) is 16.5. The van der Waals surface area contributed by atoms with Crippen molar-refractivity contribution in [2.45, 2.75) is 19.9 Å². The lowest BCUT2D eigenvalue weighted by atomic mass is 10.2. The third-order valence-electron chi connectivity index (χ3n) is 4.45. The molecule has 0 saturated carbocycles. The van der Waals surface area contributed by atoms with Crippen LogP contribution in [-0.4, -0.2) is 32.6 Å². The Kier molecular flexibility index (Phi) is 5.08. The van der Waals surface area contributed by atoms with E-state index in [-0.39, 0.29) is 12.3 Å². The third kappa shape index (κ3) is 3.89. The normalized spacial score (nSPS) is 10.9. The molecule has 0 aliphatic rings. The molecule has 142 valence electrons. The van der Waals surface area contributed by atoms with E-state index in [9.17, 15) is 4.79 Å². The first-order chi connectivity index (χ1) is 13.6. The molecule has 7 heteroatoms. The number of amides is 1. The van der Waals surface area contributed by atoms with Gasteiger partial charge in [-0.05, 0) is 30.5 Å². The maximum absolute atomic E-state index is 12.7. The van der Waals surface area contributed by atoms with Crippen LogP contribution >= 0.6 is 11.3 Å². The number of aryl methyl sites for hydroxylation is 1.